The molecule has 2 aliphatic heterocycles. The van der Waals surface area contributed by atoms with Crippen molar-refractivity contribution in [1.82, 2.24) is 9.80 Å². The summed E-state index contributed by atoms with van der Waals surface area (Å²) >= 11 is 0. The van der Waals surface area contributed by atoms with Crippen molar-refractivity contribution < 1.29 is 14.3 Å². The summed E-state index contributed by atoms with van der Waals surface area (Å²) in [6.45, 7) is 9.34. The van der Waals surface area contributed by atoms with Gasteiger partial charge in [-0.25, -0.2) is 4.79 Å². The van der Waals surface area contributed by atoms with Crippen LogP contribution in [0, 0.1) is 5.92 Å². The molecule has 2 saturated heterocycles. The van der Waals surface area contributed by atoms with Gasteiger partial charge in [-0.05, 0) is 23.6 Å². The van der Waals surface area contributed by atoms with Gasteiger partial charge in [0.05, 0.1) is 25.9 Å². The van der Waals surface area contributed by atoms with Gasteiger partial charge in [0.15, 0.2) is 0 Å². The van der Waals surface area contributed by atoms with Gasteiger partial charge in [-0.1, -0.05) is 19.1 Å². The lowest BCUT2D eigenvalue weighted by molar-refractivity contribution is 0.0118. The van der Waals surface area contributed by atoms with Crippen LogP contribution in [-0.4, -0.2) is 68.3 Å². The molecule has 2 atom stereocenters. The van der Waals surface area contributed by atoms with E-state index < -0.39 is 0 Å². The molecule has 0 aliphatic carbocycles. The molecule has 126 valence electrons. The molecule has 2 heterocycles. The molecular formula is C18H26N2O3. The van der Waals surface area contributed by atoms with E-state index in [2.05, 4.69) is 16.7 Å². The molecule has 0 amide bonds. The first-order valence-electron chi connectivity index (χ1n) is 8.39. The molecule has 0 saturated carbocycles. The van der Waals surface area contributed by atoms with Gasteiger partial charge in [0, 0.05) is 38.8 Å². The first-order chi connectivity index (χ1) is 11.2. The molecule has 5 heteroatoms. The summed E-state index contributed by atoms with van der Waals surface area (Å²) in [4.78, 5) is 16.6. The number of hydrogen-bond donors (Lipinski definition) is 0. The van der Waals surface area contributed by atoms with Gasteiger partial charge in [-0.3, -0.25) is 9.80 Å². The Bertz CT molecular complexity index is 526. The van der Waals surface area contributed by atoms with E-state index in [4.69, 9.17) is 9.47 Å². The van der Waals surface area contributed by atoms with Gasteiger partial charge in [0.25, 0.3) is 0 Å². The maximum atomic E-state index is 11.5. The first-order valence-corrected chi connectivity index (χ1v) is 8.39. The SMILES string of the molecule is COC(=O)c1ccc(CN2C[C@@H](C)[C@H](N3CCOCC3)C2)cc1. The zero-order chi connectivity index (χ0) is 16.2. The molecule has 0 N–H and O–H groups in total. The van der Waals surface area contributed by atoms with Crippen LogP contribution < -0.4 is 0 Å². The van der Waals surface area contributed by atoms with Crippen molar-refractivity contribution in [3.63, 3.8) is 0 Å². The van der Waals surface area contributed by atoms with Crippen molar-refractivity contribution in [1.29, 1.82) is 0 Å². The number of benzene rings is 1. The highest BCUT2D eigenvalue weighted by Crippen LogP contribution is 2.24. The minimum Gasteiger partial charge on any atom is -0.465 e. The normalized spacial score (nSPS) is 26.3. The zero-order valence-electron chi connectivity index (χ0n) is 14.0. The Morgan fingerprint density at radius 3 is 2.57 bits per heavy atom. The van der Waals surface area contributed by atoms with E-state index >= 15 is 0 Å². The van der Waals surface area contributed by atoms with E-state index in [0.29, 0.717) is 17.5 Å². The topological polar surface area (TPSA) is 42.0 Å². The molecule has 0 spiro atoms. The average molecular weight is 318 g/mol. The smallest absolute Gasteiger partial charge is 0.337 e. The standard InChI is InChI=1S/C18H26N2O3/c1-14-11-19(13-17(14)20-7-9-23-10-8-20)12-15-3-5-16(6-4-15)18(21)22-2/h3-6,14,17H,7-13H2,1-2H3/t14-,17-/m1/s1. The Kier molecular flexibility index (Phi) is 5.30. The van der Waals surface area contributed by atoms with Crippen molar-refractivity contribution in [3.8, 4) is 0 Å². The van der Waals surface area contributed by atoms with Crippen LogP contribution in [0.1, 0.15) is 22.8 Å². The van der Waals surface area contributed by atoms with Gasteiger partial charge in [0.2, 0.25) is 0 Å². The van der Waals surface area contributed by atoms with Crippen molar-refractivity contribution in [2.24, 2.45) is 5.92 Å². The Balaban J connectivity index is 1.57. The molecular weight excluding hydrogens is 292 g/mol. The van der Waals surface area contributed by atoms with E-state index in [1.807, 2.05) is 24.3 Å². The van der Waals surface area contributed by atoms with Crippen LogP contribution in [0.4, 0.5) is 0 Å². The average Bonchev–Trinajstić information content (AvgIpc) is 2.96. The Morgan fingerprint density at radius 1 is 1.22 bits per heavy atom. The second-order valence-corrected chi connectivity index (χ2v) is 6.58. The van der Waals surface area contributed by atoms with Gasteiger partial charge in [-0.15, -0.1) is 0 Å². The monoisotopic (exact) mass is 318 g/mol. The summed E-state index contributed by atoms with van der Waals surface area (Å²) in [7, 11) is 1.41. The molecule has 0 aromatic heterocycles. The molecule has 23 heavy (non-hydrogen) atoms. The van der Waals surface area contributed by atoms with Gasteiger partial charge in [0.1, 0.15) is 0 Å². The minimum absolute atomic E-state index is 0.279. The summed E-state index contributed by atoms with van der Waals surface area (Å²) in [5.41, 5.74) is 1.85. The van der Waals surface area contributed by atoms with Crippen molar-refractivity contribution in [2.45, 2.75) is 19.5 Å². The van der Waals surface area contributed by atoms with E-state index in [1.165, 1.54) is 12.7 Å². The van der Waals surface area contributed by atoms with Crippen molar-refractivity contribution in [2.75, 3.05) is 46.5 Å². The fraction of sp³-hybridized carbons (Fsp3) is 0.611. The number of hydrogen-bond acceptors (Lipinski definition) is 5. The van der Waals surface area contributed by atoms with Crippen LogP contribution in [0.15, 0.2) is 24.3 Å². The summed E-state index contributed by atoms with van der Waals surface area (Å²) in [5.74, 6) is 0.404. The van der Waals surface area contributed by atoms with Crippen LogP contribution in [0.5, 0.6) is 0 Å². The lowest BCUT2D eigenvalue weighted by atomic mass is 10.0. The van der Waals surface area contributed by atoms with Crippen LogP contribution in [0.2, 0.25) is 0 Å². The van der Waals surface area contributed by atoms with E-state index in [1.54, 1.807) is 0 Å². The van der Waals surface area contributed by atoms with Crippen LogP contribution in [0.3, 0.4) is 0 Å². The first kappa shape index (κ1) is 16.4. The quantitative estimate of drug-likeness (QED) is 0.789. The predicted octanol–water partition coefficient (Wildman–Crippen LogP) is 1.63. The van der Waals surface area contributed by atoms with Crippen molar-refractivity contribution in [3.05, 3.63) is 35.4 Å². The zero-order valence-corrected chi connectivity index (χ0v) is 14.0. The highest BCUT2D eigenvalue weighted by molar-refractivity contribution is 5.89. The van der Waals surface area contributed by atoms with Gasteiger partial charge >= 0.3 is 5.97 Å². The Morgan fingerprint density at radius 2 is 1.91 bits per heavy atom. The highest BCUT2D eigenvalue weighted by Gasteiger charge is 2.34. The lowest BCUT2D eigenvalue weighted by Crippen LogP contribution is -2.46. The molecule has 5 nitrogen and oxygen atoms in total. The number of methoxy groups -OCH3 is 1. The highest BCUT2D eigenvalue weighted by atomic mass is 16.5. The molecule has 0 unspecified atom stereocenters. The molecule has 3 rings (SSSR count). The van der Waals surface area contributed by atoms with Crippen LogP contribution >= 0.6 is 0 Å². The van der Waals surface area contributed by atoms with E-state index in [-0.39, 0.29) is 5.97 Å². The molecule has 0 bridgehead atoms. The number of carbonyl (C=O) groups is 1. The molecule has 0 radical (unpaired) electrons. The third kappa shape index (κ3) is 3.91. The molecule has 1 aromatic rings. The van der Waals surface area contributed by atoms with E-state index in [0.717, 1.165) is 45.9 Å². The second kappa shape index (κ2) is 7.43. The number of likely N-dealkylation sites (tertiary alicyclic amines) is 1. The Hall–Kier alpha value is -1.43. The molecule has 1 aromatic carbocycles. The van der Waals surface area contributed by atoms with Gasteiger partial charge in [-0.2, -0.15) is 0 Å². The largest absolute Gasteiger partial charge is 0.465 e. The molecule has 2 fully saturated rings. The number of nitrogens with zero attached hydrogens (tertiary/aromatic N) is 2. The van der Waals surface area contributed by atoms with Crippen molar-refractivity contribution >= 4 is 5.97 Å². The summed E-state index contributed by atoms with van der Waals surface area (Å²) in [6.07, 6.45) is 0. The number of rotatable bonds is 4. The fourth-order valence-electron chi connectivity index (χ4n) is 3.68. The van der Waals surface area contributed by atoms with Crippen LogP contribution in [0.25, 0.3) is 0 Å². The third-order valence-corrected chi connectivity index (χ3v) is 4.94. The lowest BCUT2D eigenvalue weighted by Gasteiger charge is -2.34. The van der Waals surface area contributed by atoms with Gasteiger partial charge < -0.3 is 9.47 Å². The second-order valence-electron chi connectivity index (χ2n) is 6.58. The number of ether oxygens (including phenoxy) is 2. The van der Waals surface area contributed by atoms with Crippen LogP contribution in [-0.2, 0) is 16.0 Å². The summed E-state index contributed by atoms with van der Waals surface area (Å²) < 4.78 is 10.2. The fourth-order valence-corrected chi connectivity index (χ4v) is 3.68. The number of carbonyl (C=O) groups excluding carboxylic acids is 1. The number of esters is 1. The summed E-state index contributed by atoms with van der Waals surface area (Å²) in [5, 5.41) is 0. The summed E-state index contributed by atoms with van der Waals surface area (Å²) in [6, 6.07) is 8.38. The number of morpholine rings is 1. The Labute approximate surface area is 138 Å². The maximum Gasteiger partial charge on any atom is 0.337 e. The van der Waals surface area contributed by atoms with E-state index in [9.17, 15) is 4.79 Å². The predicted molar refractivity (Wildman–Crippen MR) is 88.4 cm³/mol. The maximum absolute atomic E-state index is 11.5. The molecule has 2 aliphatic rings. The minimum atomic E-state index is -0.279. The third-order valence-electron chi connectivity index (χ3n) is 4.94.